The minimum Gasteiger partial charge on any atom is -0.324 e. The van der Waals surface area contributed by atoms with Gasteiger partial charge in [-0.15, -0.1) is 0 Å². The molecule has 2 aromatic heterocycles. The maximum absolute atomic E-state index is 12.3. The van der Waals surface area contributed by atoms with Crippen molar-refractivity contribution in [3.8, 4) is 0 Å². The molecule has 1 aromatic carbocycles. The first kappa shape index (κ1) is 16.2. The van der Waals surface area contributed by atoms with Crippen LogP contribution in [0.4, 0.5) is 5.69 Å². The number of benzene rings is 1. The van der Waals surface area contributed by atoms with E-state index in [0.717, 1.165) is 17.1 Å². The standard InChI is InChI=1S/C17H19N5OS/c1-3-15-19-21(17(24)22(15)20-9-4-5-10-20)12-16(23)18-14-8-6-7-13(2)11-14/h4-11H,3,12H2,1-2H3,(H,18,23). The number of rotatable bonds is 5. The zero-order valence-electron chi connectivity index (χ0n) is 13.6. The minimum atomic E-state index is -0.156. The third-order valence-electron chi connectivity index (χ3n) is 3.61. The smallest absolute Gasteiger partial charge is 0.246 e. The Balaban J connectivity index is 1.83. The van der Waals surface area contributed by atoms with Crippen LogP contribution in [0.3, 0.4) is 0 Å². The highest BCUT2D eigenvalue weighted by molar-refractivity contribution is 7.71. The first-order valence-electron chi connectivity index (χ1n) is 7.77. The molecule has 0 saturated heterocycles. The highest BCUT2D eigenvalue weighted by atomic mass is 32.1. The van der Waals surface area contributed by atoms with Crippen LogP contribution in [0, 0.1) is 11.7 Å². The SMILES string of the molecule is CCc1nn(CC(=O)Nc2cccc(C)c2)c(=S)n1-n1cccc1. The number of nitrogens with zero attached hydrogens (tertiary/aromatic N) is 4. The Kier molecular flexibility index (Phi) is 4.61. The highest BCUT2D eigenvalue weighted by Crippen LogP contribution is 2.10. The zero-order chi connectivity index (χ0) is 17.1. The molecule has 24 heavy (non-hydrogen) atoms. The van der Waals surface area contributed by atoms with Crippen LogP contribution in [0.5, 0.6) is 0 Å². The maximum Gasteiger partial charge on any atom is 0.246 e. The maximum atomic E-state index is 12.3. The molecule has 1 N–H and O–H groups in total. The van der Waals surface area contributed by atoms with E-state index in [1.54, 1.807) is 4.68 Å². The predicted molar refractivity (Wildman–Crippen MR) is 95.5 cm³/mol. The van der Waals surface area contributed by atoms with Crippen molar-refractivity contribution < 1.29 is 4.79 Å². The van der Waals surface area contributed by atoms with Crippen LogP contribution < -0.4 is 5.32 Å². The number of hydrogen-bond acceptors (Lipinski definition) is 3. The molecule has 0 aliphatic rings. The lowest BCUT2D eigenvalue weighted by atomic mass is 10.2. The summed E-state index contributed by atoms with van der Waals surface area (Å²) < 4.78 is 5.74. The summed E-state index contributed by atoms with van der Waals surface area (Å²) in [6, 6.07) is 11.5. The Bertz CT molecular complexity index is 907. The number of aromatic nitrogens is 4. The van der Waals surface area contributed by atoms with Gasteiger partial charge >= 0.3 is 0 Å². The lowest BCUT2D eigenvalue weighted by Crippen LogP contribution is -2.20. The monoisotopic (exact) mass is 341 g/mol. The summed E-state index contributed by atoms with van der Waals surface area (Å²) in [7, 11) is 0. The molecule has 0 aliphatic carbocycles. The molecule has 6 nitrogen and oxygen atoms in total. The zero-order valence-corrected chi connectivity index (χ0v) is 14.5. The van der Waals surface area contributed by atoms with Gasteiger partial charge in [0.1, 0.15) is 6.54 Å². The molecule has 0 unspecified atom stereocenters. The molecular formula is C17H19N5OS. The third kappa shape index (κ3) is 3.30. The van der Waals surface area contributed by atoms with Crippen LogP contribution in [0.25, 0.3) is 0 Å². The van der Waals surface area contributed by atoms with Gasteiger partial charge in [-0.25, -0.2) is 9.36 Å². The van der Waals surface area contributed by atoms with E-state index < -0.39 is 0 Å². The lowest BCUT2D eigenvalue weighted by molar-refractivity contribution is -0.116. The summed E-state index contributed by atoms with van der Waals surface area (Å²) in [6.45, 7) is 4.07. The van der Waals surface area contributed by atoms with E-state index >= 15 is 0 Å². The third-order valence-corrected chi connectivity index (χ3v) is 4.00. The van der Waals surface area contributed by atoms with Gasteiger partial charge in [-0.1, -0.05) is 19.1 Å². The first-order chi connectivity index (χ1) is 11.6. The van der Waals surface area contributed by atoms with Crippen molar-refractivity contribution in [1.29, 1.82) is 0 Å². The fourth-order valence-electron chi connectivity index (χ4n) is 2.52. The summed E-state index contributed by atoms with van der Waals surface area (Å²) in [5.74, 6) is 0.649. The minimum absolute atomic E-state index is 0.0774. The molecule has 0 radical (unpaired) electrons. The number of carbonyl (C=O) groups excluding carboxylic acids is 1. The Labute approximate surface area is 145 Å². The van der Waals surface area contributed by atoms with Gasteiger partial charge in [0, 0.05) is 24.5 Å². The summed E-state index contributed by atoms with van der Waals surface area (Å²) in [4.78, 5) is 12.3. The van der Waals surface area contributed by atoms with E-state index in [2.05, 4.69) is 10.4 Å². The number of aryl methyl sites for hydroxylation is 2. The van der Waals surface area contributed by atoms with Crippen LogP contribution in [0.15, 0.2) is 48.8 Å². The van der Waals surface area contributed by atoms with Crippen LogP contribution >= 0.6 is 12.2 Å². The normalized spacial score (nSPS) is 10.8. The highest BCUT2D eigenvalue weighted by Gasteiger charge is 2.13. The fourth-order valence-corrected chi connectivity index (χ4v) is 2.82. The van der Waals surface area contributed by atoms with E-state index in [1.807, 2.05) is 72.0 Å². The molecule has 0 spiro atoms. The number of hydrogen-bond donors (Lipinski definition) is 1. The van der Waals surface area contributed by atoms with Crippen LogP contribution in [0.1, 0.15) is 18.3 Å². The lowest BCUT2D eigenvalue weighted by Gasteiger charge is -2.06. The van der Waals surface area contributed by atoms with Crippen molar-refractivity contribution in [3.63, 3.8) is 0 Å². The fraction of sp³-hybridized carbons (Fsp3) is 0.235. The summed E-state index contributed by atoms with van der Waals surface area (Å²) in [5, 5.41) is 7.35. The first-order valence-corrected chi connectivity index (χ1v) is 8.18. The topological polar surface area (TPSA) is 56.8 Å². The van der Waals surface area contributed by atoms with Gasteiger partial charge in [-0.05, 0) is 49.0 Å². The quantitative estimate of drug-likeness (QED) is 0.726. The molecule has 7 heteroatoms. The Morgan fingerprint density at radius 3 is 2.67 bits per heavy atom. The van der Waals surface area contributed by atoms with E-state index in [0.29, 0.717) is 11.2 Å². The van der Waals surface area contributed by atoms with Gasteiger partial charge in [0.25, 0.3) is 0 Å². The van der Waals surface area contributed by atoms with E-state index in [9.17, 15) is 4.79 Å². The molecule has 124 valence electrons. The van der Waals surface area contributed by atoms with Crippen molar-refractivity contribution >= 4 is 23.8 Å². The molecule has 0 atom stereocenters. The van der Waals surface area contributed by atoms with Gasteiger partial charge in [0.05, 0.1) is 0 Å². The van der Waals surface area contributed by atoms with Gasteiger partial charge in [0.15, 0.2) is 5.82 Å². The number of nitrogens with one attached hydrogen (secondary N) is 1. The van der Waals surface area contributed by atoms with Crippen LogP contribution in [-0.4, -0.2) is 25.0 Å². The Morgan fingerprint density at radius 2 is 2.00 bits per heavy atom. The van der Waals surface area contributed by atoms with Crippen molar-refractivity contribution in [1.82, 2.24) is 19.1 Å². The molecule has 2 heterocycles. The molecule has 1 amide bonds. The van der Waals surface area contributed by atoms with Crippen molar-refractivity contribution in [3.05, 3.63) is 65.0 Å². The van der Waals surface area contributed by atoms with Crippen LogP contribution in [-0.2, 0) is 17.8 Å². The second-order valence-electron chi connectivity index (χ2n) is 5.50. The molecule has 0 saturated carbocycles. The summed E-state index contributed by atoms with van der Waals surface area (Å²) in [5.41, 5.74) is 1.86. The molecule has 3 aromatic rings. The van der Waals surface area contributed by atoms with E-state index in [1.165, 1.54) is 0 Å². The number of anilines is 1. The second-order valence-corrected chi connectivity index (χ2v) is 5.87. The van der Waals surface area contributed by atoms with E-state index in [4.69, 9.17) is 12.2 Å². The molecule has 3 rings (SSSR count). The average molecular weight is 341 g/mol. The van der Waals surface area contributed by atoms with Crippen molar-refractivity contribution in [2.75, 3.05) is 5.32 Å². The molecule has 0 fully saturated rings. The van der Waals surface area contributed by atoms with Gasteiger partial charge in [0.2, 0.25) is 10.7 Å². The summed E-state index contributed by atoms with van der Waals surface area (Å²) in [6.07, 6.45) is 4.51. The predicted octanol–water partition coefficient (Wildman–Crippen LogP) is 3.04. The van der Waals surface area contributed by atoms with Gasteiger partial charge < -0.3 is 5.32 Å². The Morgan fingerprint density at radius 1 is 1.25 bits per heavy atom. The Hall–Kier alpha value is -2.67. The van der Waals surface area contributed by atoms with E-state index in [-0.39, 0.29) is 12.5 Å². The average Bonchev–Trinajstić information content (AvgIpc) is 3.16. The van der Waals surface area contributed by atoms with Crippen molar-refractivity contribution in [2.24, 2.45) is 0 Å². The summed E-state index contributed by atoms with van der Waals surface area (Å²) >= 11 is 5.49. The van der Waals surface area contributed by atoms with Gasteiger partial charge in [-0.3, -0.25) is 9.47 Å². The largest absolute Gasteiger partial charge is 0.324 e. The van der Waals surface area contributed by atoms with Crippen molar-refractivity contribution in [2.45, 2.75) is 26.8 Å². The second kappa shape index (κ2) is 6.84. The van der Waals surface area contributed by atoms with Gasteiger partial charge in [-0.2, -0.15) is 5.10 Å². The number of amides is 1. The van der Waals surface area contributed by atoms with Crippen LogP contribution in [0.2, 0.25) is 0 Å². The molecular weight excluding hydrogens is 322 g/mol. The molecule has 0 aliphatic heterocycles. The molecule has 0 bridgehead atoms. The number of carbonyl (C=O) groups is 1.